The van der Waals surface area contributed by atoms with Crippen LogP contribution in [0.15, 0.2) is 54.6 Å². The van der Waals surface area contributed by atoms with Crippen LogP contribution in [0.4, 0.5) is 5.82 Å². The molecule has 0 radical (unpaired) electrons. The molecule has 0 unspecified atom stereocenters. The number of hydrogen-bond acceptors (Lipinski definition) is 8. The van der Waals surface area contributed by atoms with Crippen LogP contribution in [0.3, 0.4) is 0 Å². The Kier molecular flexibility index (Phi) is 9.76. The van der Waals surface area contributed by atoms with Crippen molar-refractivity contribution in [1.82, 2.24) is 19.6 Å². The van der Waals surface area contributed by atoms with Crippen LogP contribution in [0.5, 0.6) is 5.75 Å². The third kappa shape index (κ3) is 6.79. The number of pyridine rings is 1. The number of anilines is 1. The molecular formula is C28H37N6O5P. The highest BCUT2D eigenvalue weighted by Crippen LogP contribution is 2.46. The van der Waals surface area contributed by atoms with Crippen LogP contribution in [0.1, 0.15) is 51.9 Å². The van der Waals surface area contributed by atoms with Gasteiger partial charge in [-0.3, -0.25) is 9.32 Å². The van der Waals surface area contributed by atoms with Gasteiger partial charge in [0.2, 0.25) is 5.91 Å². The fraction of sp³-hybridized carbons (Fsp3) is 0.393. The van der Waals surface area contributed by atoms with Crippen LogP contribution in [-0.4, -0.2) is 39.7 Å². The molecule has 3 atom stereocenters. The number of aromatic nitrogens is 3. The Morgan fingerprint density at radius 2 is 1.82 bits per heavy atom. The summed E-state index contributed by atoms with van der Waals surface area (Å²) in [5, 5.41) is 3.56. The zero-order valence-electron chi connectivity index (χ0n) is 23.1. The Bertz CT molecular complexity index is 1500. The van der Waals surface area contributed by atoms with Crippen molar-refractivity contribution in [2.24, 2.45) is 5.73 Å². The maximum Gasteiger partial charge on any atom is 0.459 e. The van der Waals surface area contributed by atoms with Gasteiger partial charge in [-0.2, -0.15) is 5.09 Å². The van der Waals surface area contributed by atoms with Gasteiger partial charge in [-0.05, 0) is 38.5 Å². The fourth-order valence-corrected chi connectivity index (χ4v) is 6.03. The number of carbonyl (C=O) groups excluding carboxylic acids is 1. The molecule has 0 spiro atoms. The van der Waals surface area contributed by atoms with Gasteiger partial charge in [-0.1, -0.05) is 56.2 Å². The molecule has 2 aromatic carbocycles. The lowest BCUT2D eigenvalue weighted by atomic mass is 10.1. The third-order valence-corrected chi connectivity index (χ3v) is 8.15. The first-order valence-corrected chi connectivity index (χ1v) is 15.0. The molecule has 2 aromatic heterocycles. The number of unbranched alkanes of at least 4 members (excludes halogenated alkanes) is 1. The van der Waals surface area contributed by atoms with E-state index in [9.17, 15) is 9.36 Å². The van der Waals surface area contributed by atoms with Gasteiger partial charge in [-0.15, -0.1) is 0 Å². The number of nitrogen functional groups attached to an aromatic ring is 1. The molecule has 4 aromatic rings. The van der Waals surface area contributed by atoms with Crippen LogP contribution in [-0.2, 0) is 25.2 Å². The summed E-state index contributed by atoms with van der Waals surface area (Å²) in [5.41, 5.74) is 13.9. The van der Waals surface area contributed by atoms with Crippen molar-refractivity contribution in [3.63, 3.8) is 0 Å². The fourth-order valence-electron chi connectivity index (χ4n) is 4.48. The van der Waals surface area contributed by atoms with Crippen molar-refractivity contribution in [2.45, 2.75) is 58.7 Å². The second-order valence-electron chi connectivity index (χ2n) is 9.49. The number of fused-ring (bicyclic) bond motifs is 3. The number of rotatable bonds is 15. The van der Waals surface area contributed by atoms with E-state index >= 15 is 0 Å². The Balaban J connectivity index is 1.79. The lowest BCUT2D eigenvalue weighted by Crippen LogP contribution is -2.38. The minimum Gasteiger partial charge on any atom is -0.413 e. The van der Waals surface area contributed by atoms with E-state index in [0.29, 0.717) is 35.9 Å². The number of benzene rings is 2. The van der Waals surface area contributed by atoms with E-state index in [1.165, 1.54) is 6.92 Å². The van der Waals surface area contributed by atoms with Crippen molar-refractivity contribution < 1.29 is 23.1 Å². The highest BCUT2D eigenvalue weighted by atomic mass is 31.2. The van der Waals surface area contributed by atoms with Gasteiger partial charge in [0.05, 0.1) is 29.7 Å². The Hall–Kier alpha value is -3.50. The molecule has 2 heterocycles. The molecule has 0 saturated carbocycles. The number of amides is 1. The van der Waals surface area contributed by atoms with E-state index in [-0.39, 0.29) is 19.3 Å². The molecule has 11 nitrogen and oxygen atoms in total. The predicted molar refractivity (Wildman–Crippen MR) is 156 cm³/mol. The van der Waals surface area contributed by atoms with Crippen molar-refractivity contribution in [1.29, 1.82) is 0 Å². The zero-order valence-corrected chi connectivity index (χ0v) is 24.0. The van der Waals surface area contributed by atoms with Crippen LogP contribution in [0, 0.1) is 0 Å². The maximum absolute atomic E-state index is 14.0. The monoisotopic (exact) mass is 568 g/mol. The van der Waals surface area contributed by atoms with Crippen molar-refractivity contribution in [3.05, 3.63) is 60.4 Å². The highest BCUT2D eigenvalue weighted by molar-refractivity contribution is 7.52. The van der Waals surface area contributed by atoms with E-state index in [0.717, 1.165) is 29.3 Å². The van der Waals surface area contributed by atoms with Crippen molar-refractivity contribution in [3.8, 4) is 5.75 Å². The molecule has 214 valence electrons. The Morgan fingerprint density at radius 1 is 1.10 bits per heavy atom. The maximum atomic E-state index is 14.0. The summed E-state index contributed by atoms with van der Waals surface area (Å²) < 4.78 is 33.7. The largest absolute Gasteiger partial charge is 0.459 e. The van der Waals surface area contributed by atoms with Crippen molar-refractivity contribution in [2.75, 3.05) is 18.9 Å². The minimum absolute atomic E-state index is 0.0102. The number of nitrogens with zero attached hydrogens (tertiary/aromatic N) is 3. The lowest BCUT2D eigenvalue weighted by Gasteiger charge is -2.27. The van der Waals surface area contributed by atoms with E-state index < -0.39 is 19.7 Å². The standard InChI is InChI=1S/C28H37N6O5P/c1-4-6-12-20(17-38-40(36,33-19(3)28(30)35)39-21-13-8-7-9-14-21)34-24(18-37-5-2)32-25-26(34)22-15-10-11-16-23(22)31-27(25)29/h7-11,13-16,19-20H,4-6,12,17-18H2,1-3H3,(H2,29,31)(H2,30,35)(H,33,36)/t19-,20+,40+/m0/s1. The van der Waals surface area contributed by atoms with Gasteiger partial charge in [0.25, 0.3) is 0 Å². The van der Waals surface area contributed by atoms with Gasteiger partial charge < -0.3 is 25.3 Å². The first kappa shape index (κ1) is 29.5. The number of para-hydroxylation sites is 2. The summed E-state index contributed by atoms with van der Waals surface area (Å²) >= 11 is 0. The smallest absolute Gasteiger partial charge is 0.413 e. The first-order chi connectivity index (χ1) is 19.3. The Labute approximate surface area is 233 Å². The van der Waals surface area contributed by atoms with Crippen LogP contribution >= 0.6 is 7.75 Å². The van der Waals surface area contributed by atoms with Gasteiger partial charge in [-0.25, -0.2) is 14.5 Å². The zero-order chi connectivity index (χ0) is 28.7. The summed E-state index contributed by atoms with van der Waals surface area (Å²) in [5.74, 6) is 0.617. The summed E-state index contributed by atoms with van der Waals surface area (Å²) in [6.07, 6.45) is 2.49. The quantitative estimate of drug-likeness (QED) is 0.166. The second-order valence-corrected chi connectivity index (χ2v) is 11.2. The van der Waals surface area contributed by atoms with Crippen LogP contribution < -0.4 is 21.1 Å². The molecule has 0 saturated heterocycles. The van der Waals surface area contributed by atoms with Crippen molar-refractivity contribution >= 4 is 41.4 Å². The molecule has 0 bridgehead atoms. The van der Waals surface area contributed by atoms with E-state index in [1.807, 2.05) is 37.3 Å². The average Bonchev–Trinajstić information content (AvgIpc) is 3.32. The number of carbonyl (C=O) groups is 1. The molecule has 0 aliphatic carbocycles. The lowest BCUT2D eigenvalue weighted by molar-refractivity contribution is -0.119. The van der Waals surface area contributed by atoms with E-state index in [2.05, 4.69) is 21.6 Å². The first-order valence-electron chi connectivity index (χ1n) is 13.4. The predicted octanol–water partition coefficient (Wildman–Crippen LogP) is 5.10. The van der Waals surface area contributed by atoms with Crippen LogP contribution in [0.2, 0.25) is 0 Å². The topological polar surface area (TPSA) is 157 Å². The average molecular weight is 569 g/mol. The van der Waals surface area contributed by atoms with Gasteiger partial charge in [0, 0.05) is 12.0 Å². The molecule has 40 heavy (non-hydrogen) atoms. The van der Waals surface area contributed by atoms with Gasteiger partial charge in [0.15, 0.2) is 5.82 Å². The number of nitrogens with two attached hydrogens (primary N) is 2. The highest BCUT2D eigenvalue weighted by Gasteiger charge is 2.33. The molecule has 12 heteroatoms. The van der Waals surface area contributed by atoms with Gasteiger partial charge in [0.1, 0.15) is 23.7 Å². The summed E-state index contributed by atoms with van der Waals surface area (Å²) in [7, 11) is -4.05. The summed E-state index contributed by atoms with van der Waals surface area (Å²) in [4.78, 5) is 21.2. The number of nitrogens with one attached hydrogen (secondary N) is 1. The molecular weight excluding hydrogens is 531 g/mol. The number of hydrogen-bond donors (Lipinski definition) is 3. The molecule has 0 fully saturated rings. The van der Waals surface area contributed by atoms with E-state index in [4.69, 9.17) is 30.2 Å². The molecule has 4 rings (SSSR count). The third-order valence-electron chi connectivity index (χ3n) is 6.50. The Morgan fingerprint density at radius 3 is 2.52 bits per heavy atom. The molecule has 5 N–H and O–H groups in total. The number of imidazole rings is 1. The molecule has 0 aliphatic heterocycles. The molecule has 0 aliphatic rings. The minimum atomic E-state index is -4.05. The van der Waals surface area contributed by atoms with E-state index in [1.54, 1.807) is 24.3 Å². The summed E-state index contributed by atoms with van der Waals surface area (Å²) in [6, 6.07) is 15.1. The number of primary amides is 1. The summed E-state index contributed by atoms with van der Waals surface area (Å²) in [6.45, 7) is 6.26. The van der Waals surface area contributed by atoms with Crippen LogP contribution in [0.25, 0.3) is 21.9 Å². The molecule has 1 amide bonds. The van der Waals surface area contributed by atoms with Gasteiger partial charge >= 0.3 is 7.75 Å². The second kappa shape index (κ2) is 13.2. The number of ether oxygens (including phenoxy) is 1. The SMILES string of the molecule is CCCC[C@H](CO[P@](=O)(N[C@@H](C)C(N)=O)Oc1ccccc1)n1c(COCC)nc2c(N)nc3ccccc3c21. The normalized spacial score (nSPS) is 14.7.